The third-order valence-corrected chi connectivity index (χ3v) is 2.67. The lowest BCUT2D eigenvalue weighted by molar-refractivity contribution is -0.145. The fourth-order valence-electron chi connectivity index (χ4n) is 1.62. The summed E-state index contributed by atoms with van der Waals surface area (Å²) in [5, 5.41) is 9.92. The molecule has 0 radical (unpaired) electrons. The standard InChI is InChI=1S/C13H18O3/c1-4-16-13(15)8-12(14)11-7-5-6-9(2)10(11)3/h5-7,12,14H,4,8H2,1-3H3. The van der Waals surface area contributed by atoms with Gasteiger partial charge in [0.25, 0.3) is 0 Å². The molecule has 1 rings (SSSR count). The minimum atomic E-state index is -0.779. The highest BCUT2D eigenvalue weighted by molar-refractivity contribution is 5.70. The third kappa shape index (κ3) is 3.07. The van der Waals surface area contributed by atoms with Crippen molar-refractivity contribution in [1.29, 1.82) is 0 Å². The molecule has 1 unspecified atom stereocenters. The Kier molecular flexibility index (Phi) is 4.50. The van der Waals surface area contributed by atoms with E-state index in [1.165, 1.54) is 0 Å². The van der Waals surface area contributed by atoms with E-state index < -0.39 is 6.10 Å². The van der Waals surface area contributed by atoms with Crippen molar-refractivity contribution < 1.29 is 14.6 Å². The summed E-state index contributed by atoms with van der Waals surface area (Å²) in [6.45, 7) is 6.02. The summed E-state index contributed by atoms with van der Waals surface area (Å²) >= 11 is 0. The van der Waals surface area contributed by atoms with Gasteiger partial charge in [-0.1, -0.05) is 18.2 Å². The zero-order valence-corrected chi connectivity index (χ0v) is 9.99. The number of hydrogen-bond acceptors (Lipinski definition) is 3. The number of carbonyl (C=O) groups is 1. The van der Waals surface area contributed by atoms with E-state index in [1.807, 2.05) is 32.0 Å². The van der Waals surface area contributed by atoms with Gasteiger partial charge in [-0.15, -0.1) is 0 Å². The highest BCUT2D eigenvalue weighted by Crippen LogP contribution is 2.23. The molecule has 0 aliphatic heterocycles. The van der Waals surface area contributed by atoms with Crippen LogP contribution in [0.15, 0.2) is 18.2 Å². The van der Waals surface area contributed by atoms with Gasteiger partial charge in [-0.05, 0) is 37.5 Å². The van der Waals surface area contributed by atoms with Gasteiger partial charge < -0.3 is 9.84 Å². The normalized spacial score (nSPS) is 12.2. The van der Waals surface area contributed by atoms with E-state index in [0.717, 1.165) is 16.7 Å². The highest BCUT2D eigenvalue weighted by atomic mass is 16.5. The number of ether oxygens (including phenoxy) is 1. The van der Waals surface area contributed by atoms with Crippen LogP contribution in [0.4, 0.5) is 0 Å². The predicted octanol–water partition coefficient (Wildman–Crippen LogP) is 2.29. The van der Waals surface area contributed by atoms with Gasteiger partial charge in [-0.2, -0.15) is 0 Å². The molecule has 0 saturated carbocycles. The molecule has 0 saturated heterocycles. The van der Waals surface area contributed by atoms with Gasteiger partial charge in [-0.25, -0.2) is 0 Å². The number of benzene rings is 1. The molecule has 0 fully saturated rings. The quantitative estimate of drug-likeness (QED) is 0.795. The van der Waals surface area contributed by atoms with Crippen molar-refractivity contribution in [2.75, 3.05) is 6.61 Å². The van der Waals surface area contributed by atoms with E-state index in [1.54, 1.807) is 6.92 Å². The molecule has 3 heteroatoms. The highest BCUT2D eigenvalue weighted by Gasteiger charge is 2.16. The number of aliphatic hydroxyl groups excluding tert-OH is 1. The lowest BCUT2D eigenvalue weighted by atomic mass is 9.97. The topological polar surface area (TPSA) is 46.5 Å². The fourth-order valence-corrected chi connectivity index (χ4v) is 1.62. The molecule has 1 N–H and O–H groups in total. The second-order valence-corrected chi connectivity index (χ2v) is 3.81. The van der Waals surface area contributed by atoms with Crippen molar-refractivity contribution in [3.05, 3.63) is 34.9 Å². The van der Waals surface area contributed by atoms with Gasteiger partial charge in [0, 0.05) is 0 Å². The lowest BCUT2D eigenvalue weighted by Gasteiger charge is -2.14. The van der Waals surface area contributed by atoms with Crippen LogP contribution >= 0.6 is 0 Å². The zero-order valence-electron chi connectivity index (χ0n) is 9.99. The van der Waals surface area contributed by atoms with Gasteiger partial charge in [0.15, 0.2) is 0 Å². The summed E-state index contributed by atoms with van der Waals surface area (Å²) in [6.07, 6.45) is -0.767. The molecule has 0 heterocycles. The minimum Gasteiger partial charge on any atom is -0.466 e. The summed E-state index contributed by atoms with van der Waals surface area (Å²) in [4.78, 5) is 11.2. The molecule has 0 bridgehead atoms. The van der Waals surface area contributed by atoms with Crippen molar-refractivity contribution in [3.63, 3.8) is 0 Å². The van der Waals surface area contributed by atoms with Crippen LogP contribution in [0.1, 0.15) is 36.1 Å². The molecule has 0 aromatic heterocycles. The van der Waals surface area contributed by atoms with E-state index in [2.05, 4.69) is 0 Å². The summed E-state index contributed by atoms with van der Waals surface area (Å²) in [7, 11) is 0. The van der Waals surface area contributed by atoms with Crippen molar-refractivity contribution in [3.8, 4) is 0 Å². The van der Waals surface area contributed by atoms with E-state index in [9.17, 15) is 9.90 Å². The molecule has 1 aromatic carbocycles. The maximum Gasteiger partial charge on any atom is 0.308 e. The Morgan fingerprint density at radius 1 is 1.44 bits per heavy atom. The van der Waals surface area contributed by atoms with Gasteiger partial charge >= 0.3 is 5.97 Å². The molecular weight excluding hydrogens is 204 g/mol. The SMILES string of the molecule is CCOC(=O)CC(O)c1cccc(C)c1C. The molecule has 1 atom stereocenters. The van der Waals surface area contributed by atoms with Crippen LogP contribution in [-0.2, 0) is 9.53 Å². The molecule has 0 aliphatic rings. The second-order valence-electron chi connectivity index (χ2n) is 3.81. The van der Waals surface area contributed by atoms with Crippen molar-refractivity contribution >= 4 is 5.97 Å². The number of esters is 1. The molecular formula is C13H18O3. The Labute approximate surface area is 96.1 Å². The molecule has 3 nitrogen and oxygen atoms in total. The van der Waals surface area contributed by atoms with Gasteiger partial charge in [-0.3, -0.25) is 4.79 Å². The Balaban J connectivity index is 2.76. The van der Waals surface area contributed by atoms with Crippen LogP contribution in [0.5, 0.6) is 0 Å². The number of aliphatic hydroxyl groups is 1. The Morgan fingerprint density at radius 2 is 2.12 bits per heavy atom. The maximum atomic E-state index is 11.2. The first-order valence-corrected chi connectivity index (χ1v) is 5.46. The Hall–Kier alpha value is -1.35. The minimum absolute atomic E-state index is 0.0120. The van der Waals surface area contributed by atoms with Crippen molar-refractivity contribution in [2.24, 2.45) is 0 Å². The maximum absolute atomic E-state index is 11.2. The number of carbonyl (C=O) groups excluding carboxylic acids is 1. The monoisotopic (exact) mass is 222 g/mol. The van der Waals surface area contributed by atoms with Crippen molar-refractivity contribution in [1.82, 2.24) is 0 Å². The van der Waals surface area contributed by atoms with Crippen LogP contribution in [0, 0.1) is 13.8 Å². The molecule has 88 valence electrons. The zero-order chi connectivity index (χ0) is 12.1. The fraction of sp³-hybridized carbons (Fsp3) is 0.462. The smallest absolute Gasteiger partial charge is 0.308 e. The first-order chi connectivity index (χ1) is 7.56. The number of aryl methyl sites for hydroxylation is 1. The summed E-state index contributed by atoms with van der Waals surface area (Å²) in [5.41, 5.74) is 2.94. The first kappa shape index (κ1) is 12.7. The molecule has 0 amide bonds. The van der Waals surface area contributed by atoms with E-state index >= 15 is 0 Å². The van der Waals surface area contributed by atoms with Crippen molar-refractivity contribution in [2.45, 2.75) is 33.3 Å². The van der Waals surface area contributed by atoms with E-state index in [-0.39, 0.29) is 12.4 Å². The molecule has 16 heavy (non-hydrogen) atoms. The van der Waals surface area contributed by atoms with Crippen LogP contribution in [0.2, 0.25) is 0 Å². The molecule has 0 aliphatic carbocycles. The van der Waals surface area contributed by atoms with Gasteiger partial charge in [0.05, 0.1) is 19.1 Å². The Bertz CT molecular complexity index is 371. The Morgan fingerprint density at radius 3 is 2.75 bits per heavy atom. The average Bonchev–Trinajstić information content (AvgIpc) is 2.22. The van der Waals surface area contributed by atoms with E-state index in [4.69, 9.17) is 4.74 Å². The average molecular weight is 222 g/mol. The first-order valence-electron chi connectivity index (χ1n) is 5.46. The predicted molar refractivity (Wildman–Crippen MR) is 62.1 cm³/mol. The van der Waals surface area contributed by atoms with Gasteiger partial charge in [0.2, 0.25) is 0 Å². The molecule has 0 spiro atoms. The van der Waals surface area contributed by atoms with Crippen LogP contribution in [-0.4, -0.2) is 17.7 Å². The van der Waals surface area contributed by atoms with Crippen LogP contribution in [0.3, 0.4) is 0 Å². The summed E-state index contributed by atoms with van der Waals surface area (Å²) in [6, 6.07) is 5.70. The number of rotatable bonds is 4. The number of hydrogen-bond donors (Lipinski definition) is 1. The van der Waals surface area contributed by atoms with Crippen LogP contribution < -0.4 is 0 Å². The van der Waals surface area contributed by atoms with Gasteiger partial charge in [0.1, 0.15) is 0 Å². The van der Waals surface area contributed by atoms with E-state index in [0.29, 0.717) is 6.61 Å². The lowest BCUT2D eigenvalue weighted by Crippen LogP contribution is -2.11. The summed E-state index contributed by atoms with van der Waals surface area (Å²) in [5.74, 6) is -0.365. The largest absolute Gasteiger partial charge is 0.466 e. The van der Waals surface area contributed by atoms with Crippen LogP contribution in [0.25, 0.3) is 0 Å². The summed E-state index contributed by atoms with van der Waals surface area (Å²) < 4.78 is 4.81. The third-order valence-electron chi connectivity index (χ3n) is 2.67. The second kappa shape index (κ2) is 5.66. The molecule has 1 aromatic rings.